The monoisotopic (exact) mass is 280 g/mol. The number of rotatable bonds is 8. The van der Waals surface area contributed by atoms with Crippen LogP contribution in [0.2, 0.25) is 0 Å². The first-order chi connectivity index (χ1) is 9.62. The van der Waals surface area contributed by atoms with E-state index >= 15 is 0 Å². The molecule has 2 aliphatic rings. The van der Waals surface area contributed by atoms with Gasteiger partial charge >= 0.3 is 0 Å². The molecular formula is C18H36N2. The molecule has 2 heterocycles. The molecular weight excluding hydrogens is 244 g/mol. The molecule has 2 bridgehead atoms. The van der Waals surface area contributed by atoms with Gasteiger partial charge in [-0.1, -0.05) is 27.7 Å². The normalized spacial score (nSPS) is 29.9. The predicted octanol–water partition coefficient (Wildman–Crippen LogP) is 4.05. The van der Waals surface area contributed by atoms with E-state index in [2.05, 4.69) is 37.9 Å². The standard InChI is InChI=1S/C18H36N2/c1-5-18(6-2)20(13-14(3)4)10-9-15-11-16-7-8-17(12-15)19-16/h14-19H,5-13H2,1-4H3. The number of hydrogen-bond acceptors (Lipinski definition) is 2. The molecule has 118 valence electrons. The molecule has 0 saturated carbocycles. The maximum atomic E-state index is 3.77. The lowest BCUT2D eigenvalue weighted by molar-refractivity contribution is 0.145. The van der Waals surface area contributed by atoms with Gasteiger partial charge in [-0.25, -0.2) is 0 Å². The van der Waals surface area contributed by atoms with Gasteiger partial charge in [0.25, 0.3) is 0 Å². The predicted molar refractivity (Wildman–Crippen MR) is 88.1 cm³/mol. The largest absolute Gasteiger partial charge is 0.311 e. The molecule has 2 heteroatoms. The van der Waals surface area contributed by atoms with Crippen LogP contribution in [0.1, 0.15) is 72.6 Å². The SMILES string of the molecule is CCC(CC)N(CCC1CC2CCC(C1)N2)CC(C)C. The van der Waals surface area contributed by atoms with E-state index in [1.165, 1.54) is 58.0 Å². The van der Waals surface area contributed by atoms with Gasteiger partial charge in [0.05, 0.1) is 0 Å². The van der Waals surface area contributed by atoms with Crippen LogP contribution < -0.4 is 5.32 Å². The Balaban J connectivity index is 1.81. The van der Waals surface area contributed by atoms with Crippen molar-refractivity contribution < 1.29 is 0 Å². The molecule has 0 spiro atoms. The zero-order chi connectivity index (χ0) is 14.5. The molecule has 2 atom stereocenters. The fourth-order valence-electron chi connectivity index (χ4n) is 4.46. The van der Waals surface area contributed by atoms with E-state index in [-0.39, 0.29) is 0 Å². The minimum absolute atomic E-state index is 0.791. The quantitative estimate of drug-likeness (QED) is 0.721. The van der Waals surface area contributed by atoms with Crippen LogP contribution in [0.4, 0.5) is 0 Å². The molecule has 0 radical (unpaired) electrons. The molecule has 0 aromatic carbocycles. The van der Waals surface area contributed by atoms with Crippen molar-refractivity contribution in [2.75, 3.05) is 13.1 Å². The van der Waals surface area contributed by atoms with E-state index in [1.807, 2.05) is 0 Å². The Morgan fingerprint density at radius 2 is 1.65 bits per heavy atom. The highest BCUT2D eigenvalue weighted by Crippen LogP contribution is 2.33. The van der Waals surface area contributed by atoms with E-state index in [9.17, 15) is 0 Å². The van der Waals surface area contributed by atoms with E-state index in [4.69, 9.17) is 0 Å². The zero-order valence-corrected chi connectivity index (χ0v) is 14.2. The highest BCUT2D eigenvalue weighted by atomic mass is 15.2. The van der Waals surface area contributed by atoms with Crippen LogP contribution in [-0.2, 0) is 0 Å². The van der Waals surface area contributed by atoms with Crippen LogP contribution in [0.3, 0.4) is 0 Å². The van der Waals surface area contributed by atoms with Gasteiger partial charge in [0.1, 0.15) is 0 Å². The van der Waals surface area contributed by atoms with Crippen LogP contribution in [0.5, 0.6) is 0 Å². The summed E-state index contributed by atoms with van der Waals surface area (Å²) in [5, 5.41) is 3.77. The minimum Gasteiger partial charge on any atom is -0.311 e. The minimum atomic E-state index is 0.791. The van der Waals surface area contributed by atoms with Gasteiger partial charge in [-0.15, -0.1) is 0 Å². The number of nitrogens with zero attached hydrogens (tertiary/aromatic N) is 1. The molecule has 0 aliphatic carbocycles. The summed E-state index contributed by atoms with van der Waals surface area (Å²) in [7, 11) is 0. The Bertz CT molecular complexity index is 261. The first-order valence-corrected chi connectivity index (χ1v) is 9.12. The summed E-state index contributed by atoms with van der Waals surface area (Å²) >= 11 is 0. The topological polar surface area (TPSA) is 15.3 Å². The first-order valence-electron chi connectivity index (χ1n) is 9.12. The van der Waals surface area contributed by atoms with Crippen molar-refractivity contribution in [1.29, 1.82) is 0 Å². The summed E-state index contributed by atoms with van der Waals surface area (Å²) in [6.07, 6.45) is 9.79. The highest BCUT2D eigenvalue weighted by molar-refractivity contribution is 4.92. The third-order valence-corrected chi connectivity index (χ3v) is 5.45. The lowest BCUT2D eigenvalue weighted by Crippen LogP contribution is -2.41. The summed E-state index contributed by atoms with van der Waals surface area (Å²) in [6.45, 7) is 12.0. The van der Waals surface area contributed by atoms with Gasteiger partial charge in [0.15, 0.2) is 0 Å². The molecule has 0 aromatic heterocycles. The molecule has 2 aliphatic heterocycles. The molecule has 2 nitrogen and oxygen atoms in total. The number of piperidine rings is 1. The van der Waals surface area contributed by atoms with Crippen molar-refractivity contribution in [3.05, 3.63) is 0 Å². The zero-order valence-electron chi connectivity index (χ0n) is 14.2. The van der Waals surface area contributed by atoms with Gasteiger partial charge in [-0.05, 0) is 63.3 Å². The van der Waals surface area contributed by atoms with Gasteiger partial charge < -0.3 is 10.2 Å². The summed E-state index contributed by atoms with van der Waals surface area (Å²) in [4.78, 5) is 2.79. The second-order valence-electron chi connectivity index (χ2n) is 7.62. The Morgan fingerprint density at radius 1 is 1.05 bits per heavy atom. The highest BCUT2D eigenvalue weighted by Gasteiger charge is 2.33. The average molecular weight is 280 g/mol. The number of fused-ring (bicyclic) bond motifs is 2. The Morgan fingerprint density at radius 3 is 2.15 bits per heavy atom. The molecule has 0 aromatic rings. The second-order valence-corrected chi connectivity index (χ2v) is 7.62. The maximum absolute atomic E-state index is 3.77. The van der Waals surface area contributed by atoms with Gasteiger partial charge in [0.2, 0.25) is 0 Å². The van der Waals surface area contributed by atoms with E-state index < -0.39 is 0 Å². The van der Waals surface area contributed by atoms with E-state index in [1.54, 1.807) is 0 Å². The van der Waals surface area contributed by atoms with Crippen LogP contribution in [0.25, 0.3) is 0 Å². The lowest BCUT2D eigenvalue weighted by atomic mass is 9.89. The second kappa shape index (κ2) is 7.79. The summed E-state index contributed by atoms with van der Waals surface area (Å²) in [6, 6.07) is 2.51. The summed E-state index contributed by atoms with van der Waals surface area (Å²) in [5.41, 5.74) is 0. The third kappa shape index (κ3) is 4.46. The fourth-order valence-corrected chi connectivity index (χ4v) is 4.46. The van der Waals surface area contributed by atoms with Gasteiger partial charge in [0, 0.05) is 24.7 Å². The van der Waals surface area contributed by atoms with Crippen LogP contribution in [0.15, 0.2) is 0 Å². The first kappa shape index (κ1) is 16.3. The summed E-state index contributed by atoms with van der Waals surface area (Å²) < 4.78 is 0. The third-order valence-electron chi connectivity index (χ3n) is 5.45. The smallest absolute Gasteiger partial charge is 0.00901 e. The van der Waals surface area contributed by atoms with Crippen molar-refractivity contribution in [1.82, 2.24) is 10.2 Å². The fraction of sp³-hybridized carbons (Fsp3) is 1.00. The molecule has 1 N–H and O–H groups in total. The van der Waals surface area contributed by atoms with Crippen molar-refractivity contribution >= 4 is 0 Å². The van der Waals surface area contributed by atoms with Crippen molar-refractivity contribution in [3.63, 3.8) is 0 Å². The van der Waals surface area contributed by atoms with Crippen LogP contribution >= 0.6 is 0 Å². The molecule has 0 amide bonds. The average Bonchev–Trinajstić information content (AvgIpc) is 2.75. The maximum Gasteiger partial charge on any atom is 0.00901 e. The lowest BCUT2D eigenvalue weighted by Gasteiger charge is -2.35. The molecule has 2 fully saturated rings. The van der Waals surface area contributed by atoms with Crippen molar-refractivity contribution in [2.24, 2.45) is 11.8 Å². The number of hydrogen-bond donors (Lipinski definition) is 1. The van der Waals surface area contributed by atoms with Crippen LogP contribution in [0, 0.1) is 11.8 Å². The Labute approximate surface area is 126 Å². The van der Waals surface area contributed by atoms with E-state index in [0.717, 1.165) is 30.0 Å². The molecule has 2 rings (SSSR count). The van der Waals surface area contributed by atoms with E-state index in [0.29, 0.717) is 0 Å². The summed E-state index contributed by atoms with van der Waals surface area (Å²) in [5.74, 6) is 1.78. The Kier molecular flexibility index (Phi) is 6.35. The Hall–Kier alpha value is -0.0800. The van der Waals surface area contributed by atoms with Crippen molar-refractivity contribution in [3.8, 4) is 0 Å². The molecule has 20 heavy (non-hydrogen) atoms. The molecule has 2 unspecified atom stereocenters. The van der Waals surface area contributed by atoms with Crippen LogP contribution in [-0.4, -0.2) is 36.1 Å². The van der Waals surface area contributed by atoms with Gasteiger partial charge in [-0.3, -0.25) is 0 Å². The number of nitrogens with one attached hydrogen (secondary N) is 1. The van der Waals surface area contributed by atoms with Gasteiger partial charge in [-0.2, -0.15) is 0 Å². The molecule has 2 saturated heterocycles. The van der Waals surface area contributed by atoms with Crippen molar-refractivity contribution in [2.45, 2.75) is 90.8 Å².